The van der Waals surface area contributed by atoms with E-state index in [0.29, 0.717) is 46.4 Å². The van der Waals surface area contributed by atoms with Gasteiger partial charge in [-0.15, -0.1) is 0 Å². The minimum atomic E-state index is -4.50. The molecule has 2 amide bonds. The third kappa shape index (κ3) is 5.61. The highest BCUT2D eigenvalue weighted by Gasteiger charge is 2.37. The first-order valence-electron chi connectivity index (χ1n) is 13.6. The number of halogens is 3. The summed E-state index contributed by atoms with van der Waals surface area (Å²) < 4.78 is 51.4. The van der Waals surface area contributed by atoms with E-state index in [1.54, 1.807) is 42.6 Å². The van der Waals surface area contributed by atoms with Gasteiger partial charge in [-0.25, -0.2) is 0 Å². The van der Waals surface area contributed by atoms with Gasteiger partial charge in [0.25, 0.3) is 11.8 Å². The van der Waals surface area contributed by atoms with Crippen LogP contribution < -0.4 is 14.8 Å². The average molecular weight is 578 g/mol. The summed E-state index contributed by atoms with van der Waals surface area (Å²) in [5.41, 5.74) is 2.18. The van der Waals surface area contributed by atoms with Gasteiger partial charge in [0.15, 0.2) is 11.5 Å². The van der Waals surface area contributed by atoms with Crippen molar-refractivity contribution in [2.24, 2.45) is 0 Å². The van der Waals surface area contributed by atoms with E-state index in [9.17, 15) is 22.8 Å². The fourth-order valence-corrected chi connectivity index (χ4v) is 5.20. The van der Waals surface area contributed by atoms with Gasteiger partial charge in [-0.3, -0.25) is 19.5 Å². The summed E-state index contributed by atoms with van der Waals surface area (Å²) in [6, 6.07) is 14.8. The molecule has 7 nitrogen and oxygen atoms in total. The Bertz CT molecular complexity index is 1620. The second kappa shape index (κ2) is 11.7. The summed E-state index contributed by atoms with van der Waals surface area (Å²) in [5, 5.41) is 4.01. The van der Waals surface area contributed by atoms with Crippen LogP contribution in [0.1, 0.15) is 58.0 Å². The Morgan fingerprint density at radius 2 is 1.69 bits per heavy atom. The van der Waals surface area contributed by atoms with Crippen molar-refractivity contribution in [2.45, 2.75) is 45.3 Å². The molecule has 0 radical (unpaired) electrons. The summed E-state index contributed by atoms with van der Waals surface area (Å²) in [6.45, 7) is 4.33. The van der Waals surface area contributed by atoms with Gasteiger partial charge >= 0.3 is 6.18 Å². The number of rotatable bonds is 10. The number of pyridine rings is 1. The first-order chi connectivity index (χ1) is 20.1. The lowest BCUT2D eigenvalue weighted by Crippen LogP contribution is -2.38. The normalized spacial score (nSPS) is 13.8. The largest absolute Gasteiger partial charge is 0.493 e. The monoisotopic (exact) mass is 577 g/mol. The number of aromatic nitrogens is 1. The molecule has 0 saturated carbocycles. The van der Waals surface area contributed by atoms with Crippen molar-refractivity contribution >= 4 is 28.4 Å². The number of alkyl halides is 3. The van der Waals surface area contributed by atoms with E-state index in [2.05, 4.69) is 10.3 Å². The molecule has 1 aliphatic rings. The SMILES string of the molecule is COc1cc(NCCCCC(C)N2C(=O)c3ccccc3C2=O)c2nccc(C)c2c1Oc1cccc(C(F)(F)F)c1. The maximum Gasteiger partial charge on any atom is 0.416 e. The predicted octanol–water partition coefficient (Wildman–Crippen LogP) is 7.63. The van der Waals surface area contributed by atoms with Crippen LogP contribution in [0.25, 0.3) is 10.9 Å². The highest BCUT2D eigenvalue weighted by Crippen LogP contribution is 2.44. The van der Waals surface area contributed by atoms with E-state index in [0.717, 1.165) is 30.5 Å². The molecule has 4 aromatic rings. The minimum absolute atomic E-state index is 0.0283. The zero-order valence-electron chi connectivity index (χ0n) is 23.4. The Labute approximate surface area is 241 Å². The quantitative estimate of drug-likeness (QED) is 0.154. The molecule has 0 fully saturated rings. The molecule has 1 N–H and O–H groups in total. The van der Waals surface area contributed by atoms with Gasteiger partial charge in [-0.05, 0) is 75.1 Å². The maximum absolute atomic E-state index is 13.3. The highest BCUT2D eigenvalue weighted by atomic mass is 19.4. The van der Waals surface area contributed by atoms with Gasteiger partial charge in [0, 0.05) is 24.8 Å². The number of anilines is 1. The summed E-state index contributed by atoms with van der Waals surface area (Å²) in [7, 11) is 1.47. The molecule has 0 bridgehead atoms. The molecule has 2 heterocycles. The number of hydrogen-bond donors (Lipinski definition) is 1. The number of carbonyl (C=O) groups is 2. The number of ether oxygens (including phenoxy) is 2. The van der Waals surface area contributed by atoms with E-state index in [4.69, 9.17) is 9.47 Å². The standard InChI is InChI=1S/C32H30F3N3O4/c1-19-14-16-37-28-25(18-26(41-3)29(27(19)28)42-22-11-8-10-21(17-22)32(33,34)35)36-15-7-6-9-20(2)38-30(39)23-12-4-5-13-24(23)31(38)40/h4-5,8,10-14,16-18,20,36H,6-7,9,15H2,1-3H3. The van der Waals surface area contributed by atoms with E-state index in [1.165, 1.54) is 24.1 Å². The van der Waals surface area contributed by atoms with Crippen LogP contribution in [0.2, 0.25) is 0 Å². The summed E-state index contributed by atoms with van der Waals surface area (Å²) >= 11 is 0. The van der Waals surface area contributed by atoms with E-state index >= 15 is 0 Å². The van der Waals surface area contributed by atoms with Crippen LogP contribution in [0.3, 0.4) is 0 Å². The summed E-state index contributed by atoms with van der Waals surface area (Å²) in [4.78, 5) is 31.4. The molecule has 0 aliphatic carbocycles. The van der Waals surface area contributed by atoms with Crippen molar-refractivity contribution < 1.29 is 32.2 Å². The summed E-state index contributed by atoms with van der Waals surface area (Å²) in [5.74, 6) is 0.137. The lowest BCUT2D eigenvalue weighted by atomic mass is 10.1. The van der Waals surface area contributed by atoms with Gasteiger partial charge in [0.1, 0.15) is 5.75 Å². The number of hydrogen-bond acceptors (Lipinski definition) is 6. The van der Waals surface area contributed by atoms with Crippen LogP contribution in [0.4, 0.5) is 18.9 Å². The molecule has 1 unspecified atom stereocenters. The Morgan fingerprint density at radius 3 is 2.36 bits per heavy atom. The molecule has 0 spiro atoms. The third-order valence-electron chi connectivity index (χ3n) is 7.37. The highest BCUT2D eigenvalue weighted by molar-refractivity contribution is 6.21. The Morgan fingerprint density at radius 1 is 0.976 bits per heavy atom. The Kier molecular flexibility index (Phi) is 8.06. The van der Waals surface area contributed by atoms with Crippen LogP contribution in [-0.2, 0) is 6.18 Å². The van der Waals surface area contributed by atoms with Gasteiger partial charge < -0.3 is 14.8 Å². The van der Waals surface area contributed by atoms with E-state index < -0.39 is 11.7 Å². The van der Waals surface area contributed by atoms with Crippen molar-refractivity contribution in [1.29, 1.82) is 0 Å². The van der Waals surface area contributed by atoms with Crippen molar-refractivity contribution in [2.75, 3.05) is 19.0 Å². The van der Waals surface area contributed by atoms with Gasteiger partial charge in [-0.1, -0.05) is 18.2 Å². The fourth-order valence-electron chi connectivity index (χ4n) is 5.20. The van der Waals surface area contributed by atoms with Gasteiger partial charge in [0.05, 0.1) is 40.4 Å². The third-order valence-corrected chi connectivity index (χ3v) is 7.37. The second-order valence-electron chi connectivity index (χ2n) is 10.2. The molecular formula is C32H30F3N3O4. The predicted molar refractivity (Wildman–Crippen MR) is 153 cm³/mol. The summed E-state index contributed by atoms with van der Waals surface area (Å²) in [6.07, 6.45) is -0.671. The van der Waals surface area contributed by atoms with E-state index in [1.807, 2.05) is 13.8 Å². The number of unbranched alkanes of at least 4 members (excludes halogenated alkanes) is 1. The van der Waals surface area contributed by atoms with Gasteiger partial charge in [0.2, 0.25) is 0 Å². The fraction of sp³-hybridized carbons (Fsp3) is 0.281. The van der Waals surface area contributed by atoms with E-state index in [-0.39, 0.29) is 29.4 Å². The Balaban J connectivity index is 1.28. The number of fused-ring (bicyclic) bond motifs is 2. The zero-order chi connectivity index (χ0) is 30.0. The molecule has 5 rings (SSSR count). The lowest BCUT2D eigenvalue weighted by Gasteiger charge is -2.22. The van der Waals surface area contributed by atoms with Crippen molar-refractivity contribution in [3.8, 4) is 17.2 Å². The Hall–Kier alpha value is -4.60. The number of benzene rings is 3. The molecule has 42 heavy (non-hydrogen) atoms. The molecule has 0 saturated heterocycles. The average Bonchev–Trinajstić information content (AvgIpc) is 3.22. The van der Waals surface area contributed by atoms with Crippen LogP contribution in [-0.4, -0.2) is 41.4 Å². The molecule has 1 aromatic heterocycles. The van der Waals surface area contributed by atoms with Crippen molar-refractivity contribution in [1.82, 2.24) is 9.88 Å². The number of nitrogens with one attached hydrogen (secondary N) is 1. The zero-order valence-corrected chi connectivity index (χ0v) is 23.4. The molecule has 1 atom stereocenters. The minimum Gasteiger partial charge on any atom is -0.493 e. The number of carbonyl (C=O) groups excluding carboxylic acids is 2. The first-order valence-corrected chi connectivity index (χ1v) is 13.6. The van der Waals surface area contributed by atoms with Crippen LogP contribution in [0.5, 0.6) is 17.2 Å². The first kappa shape index (κ1) is 28.9. The smallest absolute Gasteiger partial charge is 0.416 e. The maximum atomic E-state index is 13.3. The molecule has 1 aliphatic heterocycles. The number of nitrogens with zero attached hydrogens (tertiary/aromatic N) is 2. The number of aryl methyl sites for hydroxylation is 1. The lowest BCUT2D eigenvalue weighted by molar-refractivity contribution is -0.137. The molecular weight excluding hydrogens is 547 g/mol. The second-order valence-corrected chi connectivity index (χ2v) is 10.2. The number of methoxy groups -OCH3 is 1. The molecule has 218 valence electrons. The van der Waals surface area contributed by atoms with Crippen LogP contribution >= 0.6 is 0 Å². The topological polar surface area (TPSA) is 80.8 Å². The molecule has 3 aromatic carbocycles. The van der Waals surface area contributed by atoms with Crippen molar-refractivity contribution in [3.63, 3.8) is 0 Å². The number of imide groups is 1. The molecule has 10 heteroatoms. The number of amides is 2. The van der Waals surface area contributed by atoms with Crippen LogP contribution in [0.15, 0.2) is 66.9 Å². The van der Waals surface area contributed by atoms with Crippen LogP contribution in [0, 0.1) is 6.92 Å². The van der Waals surface area contributed by atoms with Gasteiger partial charge in [-0.2, -0.15) is 13.2 Å². The van der Waals surface area contributed by atoms with Crippen molar-refractivity contribution in [3.05, 3.63) is 89.1 Å².